The molecule has 3 aliphatic heterocycles. The number of piperazine rings is 3. The van der Waals surface area contributed by atoms with Crippen LogP contribution >= 0.6 is 34.8 Å². The molecule has 126 heavy (non-hydrogen) atoms. The van der Waals surface area contributed by atoms with Gasteiger partial charge in [-0.1, -0.05) is 56.0 Å². The smallest absolute Gasteiger partial charge is 0.421 e. The summed E-state index contributed by atoms with van der Waals surface area (Å²) >= 11 is 15.5. The largest absolute Gasteiger partial charge is 0.504 e. The average molecular weight is 1820 g/mol. The number of nitrogen functional groups attached to an aromatic ring is 2. The number of hydrogen-bond acceptors (Lipinski definition) is 31. The predicted molar refractivity (Wildman–Crippen MR) is 489 cm³/mol. The maximum atomic E-state index is 12.3. The minimum absolute atomic E-state index is 0. The van der Waals surface area contributed by atoms with Crippen LogP contribution in [0.1, 0.15) is 78.1 Å². The number of nitro groups is 1. The number of aliphatic hydroxyl groups is 3. The van der Waals surface area contributed by atoms with Crippen molar-refractivity contribution in [2.24, 2.45) is 0 Å². The summed E-state index contributed by atoms with van der Waals surface area (Å²) in [5, 5.41) is 65.8. The molecule has 0 unspecified atom stereocenters. The van der Waals surface area contributed by atoms with E-state index in [0.717, 1.165) is 131 Å². The molecule has 4 aromatic carbocycles. The van der Waals surface area contributed by atoms with E-state index in [9.17, 15) is 38.9 Å². The summed E-state index contributed by atoms with van der Waals surface area (Å²) in [6, 6.07) is 41.5. The molecule has 13 rings (SSSR count). The number of fused-ring (bicyclic) bond motifs is 2. The summed E-state index contributed by atoms with van der Waals surface area (Å²) in [4.78, 5) is 107. The molecule has 3 fully saturated rings. The molecule has 0 spiro atoms. The molecule has 0 radical (unpaired) electrons. The fraction of sp³-hybridized carbons (Fsp3) is 0.419. The molecule has 0 bridgehead atoms. The molecule has 688 valence electrons. The number of halogens is 3. The average Bonchev–Trinajstić information content (AvgIpc) is 1.65. The third kappa shape index (κ3) is 43.8. The maximum Gasteiger partial charge on any atom is 0.421 e. The first kappa shape index (κ1) is 107. The van der Waals surface area contributed by atoms with Gasteiger partial charge in [0, 0.05) is 162 Å². The van der Waals surface area contributed by atoms with Crippen LogP contribution in [-0.2, 0) is 45.3 Å². The number of alkyl halides is 2. The molecular weight excluding hydrogens is 1700 g/mol. The van der Waals surface area contributed by atoms with Gasteiger partial charge in [-0.3, -0.25) is 25.5 Å². The summed E-state index contributed by atoms with van der Waals surface area (Å²) in [6.45, 7) is 24.0. The number of carbonyl (C=O) groups is 4. The Morgan fingerprint density at radius 2 is 0.929 bits per heavy atom. The van der Waals surface area contributed by atoms with Crippen LogP contribution in [0.25, 0.3) is 22.5 Å². The van der Waals surface area contributed by atoms with Crippen molar-refractivity contribution in [1.82, 2.24) is 59.3 Å². The van der Waals surface area contributed by atoms with E-state index in [2.05, 4.69) is 96.6 Å². The summed E-state index contributed by atoms with van der Waals surface area (Å²) in [6.07, 6.45) is 1.48. The lowest BCUT2D eigenvalue weighted by atomic mass is 10.2. The minimum Gasteiger partial charge on any atom is -0.504 e. The number of nitrogens with two attached hydrogens (primary N) is 2. The lowest BCUT2D eigenvalue weighted by Crippen LogP contribution is -2.44. The Morgan fingerprint density at radius 3 is 1.36 bits per heavy atom. The summed E-state index contributed by atoms with van der Waals surface area (Å²) in [5.74, 6) is -0.632. The molecule has 6 aromatic heterocycles. The second-order valence-corrected chi connectivity index (χ2v) is 29.3. The highest BCUT2D eigenvalue weighted by Crippen LogP contribution is 2.23. The van der Waals surface area contributed by atoms with Gasteiger partial charge in [-0.05, 0) is 197 Å². The van der Waals surface area contributed by atoms with Crippen molar-refractivity contribution in [2.45, 2.75) is 87.2 Å². The second-order valence-electron chi connectivity index (χ2n) is 28.3. The van der Waals surface area contributed by atoms with E-state index in [1.54, 1.807) is 104 Å². The van der Waals surface area contributed by atoms with Crippen molar-refractivity contribution < 1.29 is 77.4 Å². The molecule has 3 aliphatic rings. The van der Waals surface area contributed by atoms with E-state index in [-0.39, 0.29) is 45.4 Å². The van der Waals surface area contributed by atoms with Gasteiger partial charge in [-0.25, -0.2) is 43.7 Å². The molecule has 14 N–H and O–H groups in total. The number of likely N-dealkylation sites (N-methyl/N-ethyl adjacent to an activating group) is 3. The van der Waals surface area contributed by atoms with Gasteiger partial charge in [0.2, 0.25) is 5.75 Å². The third-order valence-electron chi connectivity index (χ3n) is 17.9. The van der Waals surface area contributed by atoms with Gasteiger partial charge in [0.1, 0.15) is 5.69 Å². The van der Waals surface area contributed by atoms with E-state index in [1.165, 1.54) is 35.9 Å². The minimum atomic E-state index is -0.768. The number of aryl methyl sites for hydroxylation is 4. The van der Waals surface area contributed by atoms with Gasteiger partial charge in [0.25, 0.3) is 0 Å². The number of anilines is 5. The van der Waals surface area contributed by atoms with Gasteiger partial charge in [0.05, 0.1) is 52.8 Å². The second kappa shape index (κ2) is 60.1. The van der Waals surface area contributed by atoms with Crippen molar-refractivity contribution in [3.63, 3.8) is 0 Å². The number of ether oxygens (including phenoxy) is 4. The molecular formula is C86H119Cl3N18O19. The Bertz CT molecular complexity index is 5000. The van der Waals surface area contributed by atoms with Gasteiger partial charge in [-0.2, -0.15) is 0 Å². The van der Waals surface area contributed by atoms with Crippen LogP contribution < -0.4 is 44.2 Å². The molecule has 10 aromatic rings. The van der Waals surface area contributed by atoms with Crippen LogP contribution in [0.15, 0.2) is 164 Å². The highest BCUT2D eigenvalue weighted by molar-refractivity contribution is 6.61. The Hall–Kier alpha value is -11.6. The standard InChI is InChI=1S/C23H29N5O4.C16H25N3O3.C11H14ClNO3.C7H6N2O2.C7H9NO.C6H6N2O3.C6H8N2O.C5H12N2.C4H6Cl2O2.CH4/c1-17-7-8-20-21(24-17)28(23(30)32-20)16-18-5-3-6-19(15-18)25-22(29)31-14-4-9-27-12-10-26(2)11-13-27;1-18-7-9-19(10-8-18)6-3-11-22-16(21)17-15-5-2-4-14(12-15)13-20;12-5-2-6-16-11(15)13-10-4-1-3-9(7-10)8-14;1-4-2-3-5-6(8-4)9-7(10)11-5;8-7-3-1-2-6(4-7)5-9;1-4-2-3-5(9)6(7-4)8(10)11;1-4-2-3-5(9)6(7)8-4;1-7-4-2-6-3-5-7;5-2-1-3-8-4(6)7;/h3,5-8,15H,4,9-14,16H2,1-2H3,(H,25,29);2,4-5,12,20H,3,6-11,13H2,1H3,(H,17,21);1,3-4,7,14H,2,5-6,8H2,(H,13,15);2-3H,1H3,(H,8,9,10);1-4,9H,5,8H2;2-3,9H,1H3;2-3,9H,1H3,(H2,7,8);6H,2-5H2,1H3;1-3H2;1H4. The van der Waals surface area contributed by atoms with Crippen molar-refractivity contribution in [3.05, 3.63) is 222 Å². The molecule has 9 heterocycles. The number of carbonyl (C=O) groups excluding carboxylic acids is 4. The molecule has 40 heteroatoms. The lowest BCUT2D eigenvalue weighted by Gasteiger charge is -2.32. The van der Waals surface area contributed by atoms with Crippen LogP contribution in [0.3, 0.4) is 0 Å². The van der Waals surface area contributed by atoms with Crippen molar-refractivity contribution in [2.75, 3.05) is 178 Å². The number of aromatic nitrogens is 6. The lowest BCUT2D eigenvalue weighted by molar-refractivity contribution is -0.390. The Morgan fingerprint density at radius 1 is 0.516 bits per heavy atom. The van der Waals surface area contributed by atoms with Crippen LogP contribution in [0.5, 0.6) is 11.5 Å². The number of rotatable bonds is 23. The van der Waals surface area contributed by atoms with Crippen LogP contribution in [0, 0.1) is 37.8 Å². The van der Waals surface area contributed by atoms with Gasteiger partial charge < -0.3 is 105 Å². The number of nitrogens with one attached hydrogen (secondary N) is 5. The molecule has 0 aliphatic carbocycles. The van der Waals surface area contributed by atoms with E-state index < -0.39 is 51.7 Å². The van der Waals surface area contributed by atoms with Crippen LogP contribution in [-0.4, -0.2) is 259 Å². The summed E-state index contributed by atoms with van der Waals surface area (Å²) in [5.41, 5.74) is 20.6. The first-order valence-electron chi connectivity index (χ1n) is 40.0. The van der Waals surface area contributed by atoms with Crippen molar-refractivity contribution in [3.8, 4) is 11.5 Å². The van der Waals surface area contributed by atoms with Gasteiger partial charge in [-0.15, -0.1) is 23.2 Å². The van der Waals surface area contributed by atoms with Gasteiger partial charge >= 0.3 is 41.0 Å². The van der Waals surface area contributed by atoms with E-state index >= 15 is 0 Å². The van der Waals surface area contributed by atoms with Crippen LogP contribution in [0.2, 0.25) is 0 Å². The number of oxazole rings is 2. The van der Waals surface area contributed by atoms with E-state index in [0.29, 0.717) is 102 Å². The molecule has 3 amide bonds. The number of aromatic hydroxyl groups is 2. The van der Waals surface area contributed by atoms with Crippen molar-refractivity contribution in [1.29, 1.82) is 0 Å². The number of nitrogens with zero attached hydrogens (tertiary/aromatic N) is 11. The predicted octanol–water partition coefficient (Wildman–Crippen LogP) is 11.7. The van der Waals surface area contributed by atoms with Crippen LogP contribution in [0.4, 0.5) is 53.6 Å². The first-order chi connectivity index (χ1) is 60.0. The Balaban J connectivity index is 0.000000312. The molecule has 3 saturated heterocycles. The fourth-order valence-corrected chi connectivity index (χ4v) is 11.5. The SMILES string of the molecule is C.CN1CCN(CCCOC(=O)Nc2cccc(CO)c2)CC1.CN1CCNCC1.Cc1ccc(O)c(N)n1.Cc1ccc(O)c([N+](=O)[O-])n1.Cc1ccc2oc(=O)[nH]c2n1.Cc1ccc2oc(=O)n(Cc3cccc(NC(=O)OCCCN4CCN(C)CC4)c3)c2n1.Nc1cccc(CO)c1.O=C(Cl)OCCCCl.O=C(Nc1cccc(CO)c1)OCCCCl. The number of H-pyrrole nitrogens is 1. The monoisotopic (exact) mass is 1810 g/mol. The number of pyridine rings is 4. The molecule has 37 nitrogen and oxygen atoms in total. The third-order valence-corrected chi connectivity index (χ3v) is 18.5. The Labute approximate surface area is 747 Å². The number of aromatic amines is 1. The van der Waals surface area contributed by atoms with E-state index in [4.69, 9.17) is 94.8 Å². The number of hydrogen-bond donors (Lipinski definition) is 12. The summed E-state index contributed by atoms with van der Waals surface area (Å²) in [7, 11) is 6.42. The zero-order chi connectivity index (χ0) is 91.4. The number of amides is 3. The number of aliphatic hydroxyl groups excluding tert-OH is 3. The van der Waals surface area contributed by atoms with Gasteiger partial charge in [0.15, 0.2) is 34.0 Å². The molecule has 0 atom stereocenters. The zero-order valence-electron chi connectivity index (χ0n) is 71.3. The zero-order valence-corrected chi connectivity index (χ0v) is 73.6. The first-order valence-corrected chi connectivity index (χ1v) is 41.5. The van der Waals surface area contributed by atoms with E-state index in [1.807, 2.05) is 51.1 Å². The number of benzene rings is 4. The fourth-order valence-electron chi connectivity index (χ4n) is 11.2. The molecule has 0 saturated carbocycles. The maximum absolute atomic E-state index is 12.3. The topological polar surface area (TPSA) is 499 Å². The highest BCUT2D eigenvalue weighted by atomic mass is 35.5. The highest BCUT2D eigenvalue weighted by Gasteiger charge is 2.18. The Kier molecular flexibility index (Phi) is 50.9. The quantitative estimate of drug-likeness (QED) is 0.00538. The van der Waals surface area contributed by atoms with Crippen molar-refractivity contribution >= 4 is 115 Å². The normalized spacial score (nSPS) is 13.1. The summed E-state index contributed by atoms with van der Waals surface area (Å²) < 4.78 is 31.2.